The van der Waals surface area contributed by atoms with Gasteiger partial charge in [-0.25, -0.2) is 9.67 Å². The number of benzene rings is 1. The van der Waals surface area contributed by atoms with Gasteiger partial charge in [0.25, 0.3) is 5.91 Å². The molecule has 0 bridgehead atoms. The fourth-order valence-corrected chi connectivity index (χ4v) is 3.16. The predicted octanol–water partition coefficient (Wildman–Crippen LogP) is 3.28. The minimum Gasteiger partial charge on any atom is -0.340 e. The van der Waals surface area contributed by atoms with Crippen LogP contribution in [0.3, 0.4) is 0 Å². The molecule has 0 saturated carbocycles. The Kier molecular flexibility index (Phi) is 5.56. The number of carbonyl (C=O) groups excluding carboxylic acids is 1. The number of aromatic nitrogens is 3. The van der Waals surface area contributed by atoms with E-state index in [0.717, 1.165) is 34.4 Å². The molecule has 1 aromatic carbocycles. The maximum Gasteiger partial charge on any atom is 0.254 e. The van der Waals surface area contributed by atoms with Crippen LogP contribution in [-0.4, -0.2) is 52.8 Å². The fourth-order valence-electron chi connectivity index (χ4n) is 3.16. The van der Waals surface area contributed by atoms with E-state index < -0.39 is 0 Å². The number of likely N-dealkylation sites (N-methyl/N-ethyl adjacent to an activating group) is 2. The highest BCUT2D eigenvalue weighted by Crippen LogP contribution is 2.28. The van der Waals surface area contributed by atoms with Gasteiger partial charge in [-0.05, 0) is 39.4 Å². The van der Waals surface area contributed by atoms with Crippen molar-refractivity contribution in [1.29, 1.82) is 0 Å². The zero-order chi connectivity index (χ0) is 19.6. The Bertz CT molecular complexity index is 960. The van der Waals surface area contributed by atoms with Gasteiger partial charge in [-0.1, -0.05) is 24.3 Å². The van der Waals surface area contributed by atoms with E-state index in [1.165, 1.54) is 0 Å². The number of carbonyl (C=O) groups is 1. The summed E-state index contributed by atoms with van der Waals surface area (Å²) in [5.41, 5.74) is 4.35. The lowest BCUT2D eigenvalue weighted by molar-refractivity contribution is 0.0798. The molecule has 2 aromatic heterocycles. The normalized spacial score (nSPS) is 11.3. The molecule has 0 aliphatic rings. The first-order chi connectivity index (χ1) is 12.9. The molecule has 0 aliphatic heterocycles. The average molecular weight is 365 g/mol. The second kappa shape index (κ2) is 7.88. The van der Waals surface area contributed by atoms with Crippen molar-refractivity contribution >= 4 is 16.9 Å². The predicted molar refractivity (Wildman–Crippen MR) is 109 cm³/mol. The molecule has 0 atom stereocenters. The van der Waals surface area contributed by atoms with Crippen molar-refractivity contribution < 1.29 is 4.79 Å². The summed E-state index contributed by atoms with van der Waals surface area (Å²) >= 11 is 0. The molecule has 0 spiro atoms. The highest BCUT2D eigenvalue weighted by atomic mass is 16.2. The summed E-state index contributed by atoms with van der Waals surface area (Å²) in [7, 11) is 3.71. The van der Waals surface area contributed by atoms with Crippen molar-refractivity contribution in [3.8, 4) is 11.3 Å². The van der Waals surface area contributed by atoms with Crippen molar-refractivity contribution in [2.75, 3.05) is 27.2 Å². The van der Waals surface area contributed by atoms with Gasteiger partial charge in [-0.2, -0.15) is 5.10 Å². The van der Waals surface area contributed by atoms with Gasteiger partial charge in [-0.3, -0.25) is 4.79 Å². The van der Waals surface area contributed by atoms with E-state index in [1.54, 1.807) is 11.1 Å². The van der Waals surface area contributed by atoms with Crippen LogP contribution in [0, 0.1) is 6.92 Å². The minimum absolute atomic E-state index is 0.0178. The lowest BCUT2D eigenvalue weighted by atomic mass is 10.0. The standard InChI is InChI=1S/C21H27N5O/c1-14(2)26-20-18(13-23-26)17(21(27)25(5)11-10-22-4)12-19(24-20)16-9-7-6-8-15(16)3/h6-9,12-14,22H,10-11H2,1-5H3. The van der Waals surface area contributed by atoms with Gasteiger partial charge in [0.1, 0.15) is 0 Å². The van der Waals surface area contributed by atoms with Crippen LogP contribution in [0.2, 0.25) is 0 Å². The van der Waals surface area contributed by atoms with Gasteiger partial charge >= 0.3 is 0 Å². The van der Waals surface area contributed by atoms with Crippen molar-refractivity contribution in [3.05, 3.63) is 47.7 Å². The second-order valence-electron chi connectivity index (χ2n) is 7.12. The Labute approximate surface area is 160 Å². The first kappa shape index (κ1) is 19.0. The third-order valence-corrected chi connectivity index (χ3v) is 4.75. The average Bonchev–Trinajstić information content (AvgIpc) is 3.09. The zero-order valence-corrected chi connectivity index (χ0v) is 16.7. The van der Waals surface area contributed by atoms with Crippen LogP contribution in [0.1, 0.15) is 35.8 Å². The minimum atomic E-state index is -0.0178. The summed E-state index contributed by atoms with van der Waals surface area (Å²) in [5, 5.41) is 8.36. The van der Waals surface area contributed by atoms with E-state index in [0.29, 0.717) is 12.1 Å². The van der Waals surface area contributed by atoms with Crippen molar-refractivity contribution in [2.24, 2.45) is 0 Å². The highest BCUT2D eigenvalue weighted by molar-refractivity contribution is 6.06. The van der Waals surface area contributed by atoms with Crippen molar-refractivity contribution in [3.63, 3.8) is 0 Å². The molecule has 1 amide bonds. The number of hydrogen-bond donors (Lipinski definition) is 1. The van der Waals surface area contributed by atoms with E-state index in [4.69, 9.17) is 4.98 Å². The van der Waals surface area contributed by atoms with Gasteiger partial charge in [-0.15, -0.1) is 0 Å². The number of rotatable bonds is 6. The maximum absolute atomic E-state index is 13.1. The molecule has 6 nitrogen and oxygen atoms in total. The summed E-state index contributed by atoms with van der Waals surface area (Å²) in [4.78, 5) is 19.8. The van der Waals surface area contributed by atoms with Gasteiger partial charge in [0, 0.05) is 31.7 Å². The third-order valence-electron chi connectivity index (χ3n) is 4.75. The number of pyridine rings is 1. The number of hydrogen-bond acceptors (Lipinski definition) is 4. The van der Waals surface area contributed by atoms with Crippen molar-refractivity contribution in [1.82, 2.24) is 25.0 Å². The molecular formula is C21H27N5O. The first-order valence-electron chi connectivity index (χ1n) is 9.28. The smallest absolute Gasteiger partial charge is 0.254 e. The second-order valence-corrected chi connectivity index (χ2v) is 7.12. The molecule has 6 heteroatoms. The monoisotopic (exact) mass is 365 g/mol. The van der Waals surface area contributed by atoms with E-state index in [1.807, 2.05) is 43.0 Å². The lowest BCUT2D eigenvalue weighted by Crippen LogP contribution is -2.33. The van der Waals surface area contributed by atoms with Crippen LogP contribution in [0.25, 0.3) is 22.3 Å². The van der Waals surface area contributed by atoms with Gasteiger partial charge in [0.05, 0.1) is 22.8 Å². The molecule has 0 aliphatic carbocycles. The largest absolute Gasteiger partial charge is 0.340 e. The van der Waals surface area contributed by atoms with Gasteiger partial charge < -0.3 is 10.2 Å². The quantitative estimate of drug-likeness (QED) is 0.728. The summed E-state index contributed by atoms with van der Waals surface area (Å²) in [6, 6.07) is 10.2. The molecule has 3 rings (SSSR count). The maximum atomic E-state index is 13.1. The van der Waals surface area contributed by atoms with Crippen LogP contribution in [0.4, 0.5) is 0 Å². The Morgan fingerprint density at radius 3 is 2.70 bits per heavy atom. The molecule has 27 heavy (non-hydrogen) atoms. The molecule has 0 saturated heterocycles. The van der Waals surface area contributed by atoms with Crippen LogP contribution in [0.15, 0.2) is 36.5 Å². The third kappa shape index (κ3) is 3.71. The molecular weight excluding hydrogens is 338 g/mol. The lowest BCUT2D eigenvalue weighted by Gasteiger charge is -2.18. The Hall–Kier alpha value is -2.73. The highest BCUT2D eigenvalue weighted by Gasteiger charge is 2.21. The molecule has 142 valence electrons. The van der Waals surface area contributed by atoms with E-state index in [-0.39, 0.29) is 11.9 Å². The molecule has 0 unspecified atom stereocenters. The molecule has 0 fully saturated rings. The van der Waals surface area contributed by atoms with Crippen LogP contribution < -0.4 is 5.32 Å². The number of fused-ring (bicyclic) bond motifs is 1. The topological polar surface area (TPSA) is 63.1 Å². The fraction of sp³-hybridized carbons (Fsp3) is 0.381. The summed E-state index contributed by atoms with van der Waals surface area (Å²) in [6.45, 7) is 7.56. The number of nitrogens with one attached hydrogen (secondary N) is 1. The summed E-state index contributed by atoms with van der Waals surface area (Å²) in [6.07, 6.45) is 1.75. The van der Waals surface area contributed by atoms with Crippen LogP contribution in [0.5, 0.6) is 0 Å². The van der Waals surface area contributed by atoms with Crippen LogP contribution in [-0.2, 0) is 0 Å². The van der Waals surface area contributed by atoms with E-state index >= 15 is 0 Å². The molecule has 2 heterocycles. The summed E-state index contributed by atoms with van der Waals surface area (Å²) < 4.78 is 1.88. The molecule has 3 aromatic rings. The van der Waals surface area contributed by atoms with E-state index in [2.05, 4.69) is 37.3 Å². The number of aryl methyl sites for hydroxylation is 1. The van der Waals surface area contributed by atoms with E-state index in [9.17, 15) is 4.79 Å². The molecule has 0 radical (unpaired) electrons. The van der Waals surface area contributed by atoms with Crippen LogP contribution >= 0.6 is 0 Å². The van der Waals surface area contributed by atoms with Gasteiger partial charge in [0.2, 0.25) is 0 Å². The Morgan fingerprint density at radius 1 is 1.30 bits per heavy atom. The van der Waals surface area contributed by atoms with Crippen molar-refractivity contribution in [2.45, 2.75) is 26.8 Å². The Morgan fingerprint density at radius 2 is 2.04 bits per heavy atom. The number of nitrogens with zero attached hydrogens (tertiary/aromatic N) is 4. The first-order valence-corrected chi connectivity index (χ1v) is 9.28. The molecule has 1 N–H and O–H groups in total. The zero-order valence-electron chi connectivity index (χ0n) is 16.7. The SMILES string of the molecule is CNCCN(C)C(=O)c1cc(-c2ccccc2C)nc2c1cnn2C(C)C. The number of amides is 1. The Balaban J connectivity index is 2.19. The van der Waals surface area contributed by atoms with Gasteiger partial charge in [0.15, 0.2) is 5.65 Å². The summed E-state index contributed by atoms with van der Waals surface area (Å²) in [5.74, 6) is -0.0178.